The summed E-state index contributed by atoms with van der Waals surface area (Å²) in [7, 11) is 1.17. The number of phosphoric acid groups is 1. The minimum atomic E-state index is -4.62. The van der Waals surface area contributed by atoms with Crippen LogP contribution in [0.3, 0.4) is 0 Å². The monoisotopic (exact) mass is 814 g/mol. The van der Waals surface area contributed by atoms with Gasteiger partial charge in [-0.05, 0) is 44.9 Å². The van der Waals surface area contributed by atoms with Gasteiger partial charge in [0.1, 0.15) is 19.8 Å². The second-order valence-corrected chi connectivity index (χ2v) is 18.2. The van der Waals surface area contributed by atoms with Crippen LogP contribution in [-0.2, 0) is 32.7 Å². The molecular formula is C46H88NO8P. The molecule has 0 aliphatic rings. The summed E-state index contributed by atoms with van der Waals surface area (Å²) in [5.41, 5.74) is 0. The predicted molar refractivity (Wildman–Crippen MR) is 231 cm³/mol. The highest BCUT2D eigenvalue weighted by Crippen LogP contribution is 2.38. The fourth-order valence-corrected chi connectivity index (χ4v) is 7.06. The second-order valence-electron chi connectivity index (χ2n) is 16.8. The Morgan fingerprint density at radius 2 is 0.964 bits per heavy atom. The van der Waals surface area contributed by atoms with Gasteiger partial charge in [0.2, 0.25) is 0 Å². The van der Waals surface area contributed by atoms with Crippen LogP contribution in [0, 0.1) is 0 Å². The highest BCUT2D eigenvalue weighted by atomic mass is 31.2. The molecule has 0 saturated carbocycles. The Labute approximate surface area is 345 Å². The molecule has 0 radical (unpaired) electrons. The molecule has 0 bridgehead atoms. The zero-order valence-electron chi connectivity index (χ0n) is 37.1. The van der Waals surface area contributed by atoms with Crippen LogP contribution in [0.1, 0.15) is 206 Å². The van der Waals surface area contributed by atoms with E-state index < -0.39 is 26.5 Å². The summed E-state index contributed by atoms with van der Waals surface area (Å²) in [6, 6.07) is 0. The average molecular weight is 814 g/mol. The smallest absolute Gasteiger partial charge is 0.306 e. The normalized spacial score (nSPS) is 13.8. The Morgan fingerprint density at radius 1 is 0.554 bits per heavy atom. The molecule has 330 valence electrons. The van der Waals surface area contributed by atoms with Gasteiger partial charge in [0.15, 0.2) is 6.10 Å². The summed E-state index contributed by atoms with van der Waals surface area (Å²) in [4.78, 5) is 37.6. The van der Waals surface area contributed by atoms with E-state index in [0.717, 1.165) is 51.4 Å². The van der Waals surface area contributed by atoms with Crippen LogP contribution in [0.5, 0.6) is 0 Å². The van der Waals surface area contributed by atoms with Gasteiger partial charge in [-0.1, -0.05) is 173 Å². The van der Waals surface area contributed by atoms with Crippen molar-refractivity contribution in [1.29, 1.82) is 0 Å². The summed E-state index contributed by atoms with van der Waals surface area (Å²) in [6.07, 6.45) is 41.9. The van der Waals surface area contributed by atoms with Crippen LogP contribution in [0.2, 0.25) is 0 Å². The van der Waals surface area contributed by atoms with Crippen molar-refractivity contribution in [1.82, 2.24) is 0 Å². The molecule has 2 unspecified atom stereocenters. The lowest BCUT2D eigenvalue weighted by Gasteiger charge is -2.28. The van der Waals surface area contributed by atoms with E-state index >= 15 is 0 Å². The third-order valence-corrected chi connectivity index (χ3v) is 10.9. The van der Waals surface area contributed by atoms with Crippen LogP contribution < -0.4 is 4.89 Å². The number of phosphoric ester groups is 1. The van der Waals surface area contributed by atoms with Gasteiger partial charge in [-0.25, -0.2) is 0 Å². The van der Waals surface area contributed by atoms with Gasteiger partial charge in [0.25, 0.3) is 7.82 Å². The molecule has 0 N–H and O–H groups in total. The standard InChI is InChI=1S/C46H88NO8P/c1-6-8-10-12-14-16-18-20-22-23-24-25-27-29-31-33-35-37-39-46(49)55-44(43-54-56(50,51)53-41-40-47(3,4)5)42-52-45(48)38-36-34-32-30-28-26-21-19-17-15-13-11-9-7-2/h16,18,22-23,44H,6-15,17,19-21,24-43H2,1-5H3/b18-16-,23-22-. The lowest BCUT2D eigenvalue weighted by Crippen LogP contribution is -2.37. The maximum absolute atomic E-state index is 12.7. The molecule has 56 heavy (non-hydrogen) atoms. The van der Waals surface area contributed by atoms with Crippen molar-refractivity contribution in [2.75, 3.05) is 47.5 Å². The highest BCUT2D eigenvalue weighted by molar-refractivity contribution is 7.45. The minimum absolute atomic E-state index is 0.0306. The van der Waals surface area contributed by atoms with Crippen molar-refractivity contribution >= 4 is 19.8 Å². The first-order chi connectivity index (χ1) is 27.0. The molecule has 9 nitrogen and oxygen atoms in total. The lowest BCUT2D eigenvalue weighted by atomic mass is 10.0. The molecule has 0 fully saturated rings. The summed E-state index contributed by atoms with van der Waals surface area (Å²) in [6.45, 7) is 4.22. The molecule has 10 heteroatoms. The molecule has 0 aliphatic carbocycles. The van der Waals surface area contributed by atoms with Crippen molar-refractivity contribution in [3.8, 4) is 0 Å². The zero-order chi connectivity index (χ0) is 41.4. The molecule has 0 aromatic carbocycles. The van der Waals surface area contributed by atoms with E-state index in [0.29, 0.717) is 17.4 Å². The van der Waals surface area contributed by atoms with Gasteiger partial charge < -0.3 is 27.9 Å². The van der Waals surface area contributed by atoms with Crippen LogP contribution >= 0.6 is 7.82 Å². The summed E-state index contributed by atoms with van der Waals surface area (Å²) >= 11 is 0. The van der Waals surface area contributed by atoms with Crippen LogP contribution in [0.15, 0.2) is 24.3 Å². The first-order valence-corrected chi connectivity index (χ1v) is 24.5. The number of allylic oxidation sites excluding steroid dienone is 4. The van der Waals surface area contributed by atoms with Crippen molar-refractivity contribution in [3.63, 3.8) is 0 Å². The SMILES string of the molecule is CCCCCC/C=C\C/C=C\CCCCCCCCCC(=O)OC(COC(=O)CCCCCCCCCCCCCCCC)COP(=O)([O-])OCC[N+](C)(C)C. The molecule has 0 heterocycles. The summed E-state index contributed by atoms with van der Waals surface area (Å²) in [5, 5.41) is 0. The second kappa shape index (κ2) is 39.0. The van der Waals surface area contributed by atoms with E-state index in [1.165, 1.54) is 122 Å². The fourth-order valence-electron chi connectivity index (χ4n) is 6.33. The Hall–Kier alpha value is -1.51. The third-order valence-electron chi connectivity index (χ3n) is 9.97. The number of rotatable bonds is 42. The maximum Gasteiger partial charge on any atom is 0.306 e. The number of ether oxygens (including phenoxy) is 2. The first-order valence-electron chi connectivity index (χ1n) is 23.0. The van der Waals surface area contributed by atoms with Gasteiger partial charge in [0.05, 0.1) is 27.7 Å². The summed E-state index contributed by atoms with van der Waals surface area (Å²) in [5.74, 6) is -0.836. The largest absolute Gasteiger partial charge is 0.756 e. The number of carbonyl (C=O) groups excluding carboxylic acids is 2. The number of carbonyl (C=O) groups is 2. The van der Waals surface area contributed by atoms with Crippen molar-refractivity contribution in [2.45, 2.75) is 213 Å². The molecule has 2 atom stereocenters. The van der Waals surface area contributed by atoms with E-state index in [1.54, 1.807) is 0 Å². The molecule has 0 spiro atoms. The zero-order valence-corrected chi connectivity index (χ0v) is 38.0. The lowest BCUT2D eigenvalue weighted by molar-refractivity contribution is -0.870. The van der Waals surface area contributed by atoms with Gasteiger partial charge in [-0.2, -0.15) is 0 Å². The van der Waals surface area contributed by atoms with E-state index in [4.69, 9.17) is 18.5 Å². The number of hydrogen-bond acceptors (Lipinski definition) is 8. The Morgan fingerprint density at radius 3 is 1.43 bits per heavy atom. The molecule has 0 rings (SSSR count). The molecule has 0 saturated heterocycles. The van der Waals surface area contributed by atoms with Gasteiger partial charge >= 0.3 is 11.9 Å². The van der Waals surface area contributed by atoms with E-state index in [1.807, 2.05) is 21.1 Å². The van der Waals surface area contributed by atoms with Crippen molar-refractivity contribution < 1.29 is 42.1 Å². The highest BCUT2D eigenvalue weighted by Gasteiger charge is 2.21. The maximum atomic E-state index is 12.7. The Kier molecular flexibility index (Phi) is 37.9. The molecule has 0 aliphatic heterocycles. The minimum Gasteiger partial charge on any atom is -0.756 e. The topological polar surface area (TPSA) is 111 Å². The van der Waals surface area contributed by atoms with Crippen LogP contribution in [-0.4, -0.2) is 70.0 Å². The number of esters is 2. The number of unbranched alkanes of at least 4 members (excludes halogenated alkanes) is 24. The molecule has 0 aromatic rings. The number of nitrogens with zero attached hydrogens (tertiary/aromatic N) is 1. The third kappa shape index (κ3) is 42.1. The number of likely N-dealkylation sites (N-methyl/N-ethyl adjacent to an activating group) is 1. The first kappa shape index (κ1) is 54.5. The van der Waals surface area contributed by atoms with E-state index in [9.17, 15) is 19.0 Å². The van der Waals surface area contributed by atoms with Gasteiger partial charge in [-0.3, -0.25) is 14.2 Å². The van der Waals surface area contributed by atoms with Crippen molar-refractivity contribution in [2.24, 2.45) is 0 Å². The number of quaternary nitrogens is 1. The molecule has 0 aromatic heterocycles. The molecule has 0 amide bonds. The van der Waals surface area contributed by atoms with E-state index in [-0.39, 0.29) is 32.0 Å². The fraction of sp³-hybridized carbons (Fsp3) is 0.870. The Bertz CT molecular complexity index is 1010. The van der Waals surface area contributed by atoms with Crippen molar-refractivity contribution in [3.05, 3.63) is 24.3 Å². The summed E-state index contributed by atoms with van der Waals surface area (Å²) < 4.78 is 33.9. The van der Waals surface area contributed by atoms with Crippen LogP contribution in [0.4, 0.5) is 0 Å². The Balaban J connectivity index is 4.33. The van der Waals surface area contributed by atoms with Crippen LogP contribution in [0.25, 0.3) is 0 Å². The quantitative estimate of drug-likeness (QED) is 0.0197. The number of hydrogen-bond donors (Lipinski definition) is 0. The molecular weight excluding hydrogens is 725 g/mol. The predicted octanol–water partition coefficient (Wildman–Crippen LogP) is 12.5. The average Bonchev–Trinajstić information content (AvgIpc) is 3.15. The van der Waals surface area contributed by atoms with Gasteiger partial charge in [0, 0.05) is 12.8 Å². The van der Waals surface area contributed by atoms with E-state index in [2.05, 4.69) is 38.2 Å². The van der Waals surface area contributed by atoms with Gasteiger partial charge in [-0.15, -0.1) is 0 Å².